The van der Waals surface area contributed by atoms with E-state index < -0.39 is 5.69 Å². The Kier molecular flexibility index (Phi) is 7.73. The first-order valence-corrected chi connectivity index (χ1v) is 13.8. The minimum absolute atomic E-state index is 0.0253. The molecule has 2 aliphatic heterocycles. The SMILES string of the molecule is COc1cccc(-c2nn(-c3ccc(CC(C)N4C5CCC4COC5)cn3)c(=O)n2CC(=O)CC(C)(C)C)c1. The van der Waals surface area contributed by atoms with Crippen LogP contribution in [-0.4, -0.2) is 68.5 Å². The third-order valence-electron chi connectivity index (χ3n) is 7.62. The summed E-state index contributed by atoms with van der Waals surface area (Å²) < 4.78 is 13.8. The van der Waals surface area contributed by atoms with Gasteiger partial charge in [0.2, 0.25) is 0 Å². The van der Waals surface area contributed by atoms with Gasteiger partial charge in [-0.25, -0.2) is 9.78 Å². The number of nitrogens with zero attached hydrogens (tertiary/aromatic N) is 5. The number of hydrogen-bond acceptors (Lipinski definition) is 7. The van der Waals surface area contributed by atoms with Crippen LogP contribution >= 0.6 is 0 Å². The van der Waals surface area contributed by atoms with E-state index in [4.69, 9.17) is 9.47 Å². The number of morpholine rings is 1. The quantitative estimate of drug-likeness (QED) is 0.412. The minimum atomic E-state index is -0.395. The van der Waals surface area contributed by atoms with Gasteiger partial charge in [-0.05, 0) is 55.4 Å². The molecule has 3 unspecified atom stereocenters. The number of Topliss-reactive ketones (excluding diaryl/α,β-unsaturated/α-hetero) is 1. The third-order valence-corrected chi connectivity index (χ3v) is 7.62. The number of ketones is 1. The van der Waals surface area contributed by atoms with Gasteiger partial charge in [-0.2, -0.15) is 4.68 Å². The van der Waals surface area contributed by atoms with Gasteiger partial charge in [0.25, 0.3) is 0 Å². The van der Waals surface area contributed by atoms with Gasteiger partial charge in [0.1, 0.15) is 5.75 Å². The van der Waals surface area contributed by atoms with Gasteiger partial charge in [-0.1, -0.05) is 39.0 Å². The molecule has 9 nitrogen and oxygen atoms in total. The zero-order valence-electron chi connectivity index (χ0n) is 23.6. The lowest BCUT2D eigenvalue weighted by Crippen LogP contribution is -2.50. The molecule has 2 bridgehead atoms. The van der Waals surface area contributed by atoms with E-state index >= 15 is 0 Å². The molecule has 0 N–H and O–H groups in total. The number of hydrogen-bond donors (Lipinski definition) is 0. The van der Waals surface area contributed by atoms with Crippen LogP contribution in [0.25, 0.3) is 17.2 Å². The average Bonchev–Trinajstić information content (AvgIpc) is 3.35. The van der Waals surface area contributed by atoms with E-state index in [0.29, 0.717) is 47.5 Å². The van der Waals surface area contributed by atoms with Gasteiger partial charge in [0.15, 0.2) is 17.4 Å². The van der Waals surface area contributed by atoms with Crippen molar-refractivity contribution < 1.29 is 14.3 Å². The van der Waals surface area contributed by atoms with Crippen molar-refractivity contribution in [1.29, 1.82) is 0 Å². The first kappa shape index (κ1) is 27.3. The molecule has 0 saturated carbocycles. The summed E-state index contributed by atoms with van der Waals surface area (Å²) in [6.45, 7) is 9.88. The van der Waals surface area contributed by atoms with Crippen molar-refractivity contribution in [2.75, 3.05) is 20.3 Å². The number of rotatable bonds is 9. The standard InChI is InChI=1S/C30H39N5O4/c1-20(34-23-10-11-24(34)19-39-18-23)13-21-9-12-27(31-16-21)35-29(37)33(17-25(36)15-30(2,3)4)28(32-35)22-7-6-8-26(14-22)38-5/h6-9,12,14,16,20,23-24H,10-11,13,15,17-19H2,1-5H3. The lowest BCUT2D eigenvalue weighted by molar-refractivity contribution is -0.121. The van der Waals surface area contributed by atoms with Crippen molar-refractivity contribution in [2.24, 2.45) is 5.41 Å². The highest BCUT2D eigenvalue weighted by molar-refractivity contribution is 5.79. The molecule has 0 spiro atoms. The van der Waals surface area contributed by atoms with Crippen molar-refractivity contribution in [3.63, 3.8) is 0 Å². The Bertz CT molecular complexity index is 1360. The summed E-state index contributed by atoms with van der Waals surface area (Å²) in [5, 5.41) is 4.64. The molecule has 1 aromatic carbocycles. The van der Waals surface area contributed by atoms with Crippen LogP contribution in [0.4, 0.5) is 0 Å². The van der Waals surface area contributed by atoms with E-state index in [1.54, 1.807) is 7.11 Å². The topological polar surface area (TPSA) is 91.5 Å². The van der Waals surface area contributed by atoms with Crippen LogP contribution in [0.2, 0.25) is 0 Å². The molecule has 0 amide bonds. The molecule has 2 aliphatic rings. The molecule has 3 aromatic rings. The van der Waals surface area contributed by atoms with E-state index in [1.165, 1.54) is 22.1 Å². The number of carbonyl (C=O) groups excluding carboxylic acids is 1. The highest BCUT2D eigenvalue weighted by Crippen LogP contribution is 2.31. The Morgan fingerprint density at radius 1 is 1.15 bits per heavy atom. The summed E-state index contributed by atoms with van der Waals surface area (Å²) in [6.07, 6.45) is 5.46. The van der Waals surface area contributed by atoms with Gasteiger partial charge in [-0.15, -0.1) is 5.10 Å². The second-order valence-electron chi connectivity index (χ2n) is 12.1. The number of methoxy groups -OCH3 is 1. The maximum atomic E-state index is 13.6. The molecule has 39 heavy (non-hydrogen) atoms. The lowest BCUT2D eigenvalue weighted by atomic mass is 9.90. The smallest absolute Gasteiger partial charge is 0.352 e. The zero-order valence-corrected chi connectivity index (χ0v) is 23.6. The highest BCUT2D eigenvalue weighted by atomic mass is 16.5. The van der Waals surface area contributed by atoms with Crippen LogP contribution in [0, 0.1) is 5.41 Å². The van der Waals surface area contributed by atoms with Crippen molar-refractivity contribution in [3.05, 3.63) is 58.6 Å². The Morgan fingerprint density at radius 3 is 2.54 bits per heavy atom. The third kappa shape index (κ3) is 5.99. The van der Waals surface area contributed by atoms with Crippen molar-refractivity contribution in [1.82, 2.24) is 24.2 Å². The summed E-state index contributed by atoms with van der Waals surface area (Å²) in [7, 11) is 1.59. The summed E-state index contributed by atoms with van der Waals surface area (Å²) >= 11 is 0. The van der Waals surface area contributed by atoms with Crippen LogP contribution in [-0.2, 0) is 22.5 Å². The molecule has 4 heterocycles. The summed E-state index contributed by atoms with van der Waals surface area (Å²) in [4.78, 5) is 33.7. The minimum Gasteiger partial charge on any atom is -0.497 e. The molecule has 9 heteroatoms. The molecule has 2 aromatic heterocycles. The summed E-state index contributed by atoms with van der Waals surface area (Å²) in [6, 6.07) is 12.6. The lowest BCUT2D eigenvalue weighted by Gasteiger charge is -2.39. The molecule has 2 saturated heterocycles. The normalized spacial score (nSPS) is 20.2. The fraction of sp³-hybridized carbons (Fsp3) is 0.533. The Balaban J connectivity index is 1.42. The average molecular weight is 534 g/mol. The molecule has 0 radical (unpaired) electrons. The Hall–Kier alpha value is -3.30. The predicted molar refractivity (Wildman–Crippen MR) is 149 cm³/mol. The highest BCUT2D eigenvalue weighted by Gasteiger charge is 2.39. The van der Waals surface area contributed by atoms with E-state index in [9.17, 15) is 9.59 Å². The van der Waals surface area contributed by atoms with E-state index in [1.807, 2.05) is 63.4 Å². The van der Waals surface area contributed by atoms with Crippen LogP contribution in [0.15, 0.2) is 47.4 Å². The molecule has 0 aliphatic carbocycles. The van der Waals surface area contributed by atoms with E-state index in [-0.39, 0.29) is 17.7 Å². The molecule has 2 fully saturated rings. The number of pyridine rings is 1. The van der Waals surface area contributed by atoms with Gasteiger partial charge < -0.3 is 9.47 Å². The summed E-state index contributed by atoms with van der Waals surface area (Å²) in [5.74, 6) is 1.45. The number of fused-ring (bicyclic) bond motifs is 2. The second-order valence-corrected chi connectivity index (χ2v) is 12.1. The van der Waals surface area contributed by atoms with E-state index in [0.717, 1.165) is 25.2 Å². The van der Waals surface area contributed by atoms with Gasteiger partial charge in [-0.3, -0.25) is 14.3 Å². The van der Waals surface area contributed by atoms with Crippen LogP contribution < -0.4 is 10.4 Å². The predicted octanol–water partition coefficient (Wildman–Crippen LogP) is 3.90. The zero-order chi connectivity index (χ0) is 27.7. The Morgan fingerprint density at radius 2 is 1.90 bits per heavy atom. The fourth-order valence-corrected chi connectivity index (χ4v) is 5.98. The largest absolute Gasteiger partial charge is 0.497 e. The van der Waals surface area contributed by atoms with Crippen molar-refractivity contribution in [3.8, 4) is 23.0 Å². The van der Waals surface area contributed by atoms with Crippen molar-refractivity contribution >= 4 is 5.78 Å². The van der Waals surface area contributed by atoms with Crippen molar-refractivity contribution in [2.45, 2.75) is 78.0 Å². The number of aromatic nitrogens is 4. The van der Waals surface area contributed by atoms with Gasteiger partial charge in [0, 0.05) is 36.3 Å². The monoisotopic (exact) mass is 533 g/mol. The second kappa shape index (κ2) is 11.1. The maximum absolute atomic E-state index is 13.6. The van der Waals surface area contributed by atoms with Crippen LogP contribution in [0.5, 0.6) is 5.75 Å². The number of ether oxygens (including phenoxy) is 2. The molecular weight excluding hydrogens is 494 g/mol. The molecule has 208 valence electrons. The first-order chi connectivity index (χ1) is 18.6. The molecular formula is C30H39N5O4. The Labute approximate surface area is 229 Å². The number of carbonyl (C=O) groups is 1. The number of benzene rings is 1. The maximum Gasteiger partial charge on any atom is 0.352 e. The molecule has 5 rings (SSSR count). The molecule has 3 atom stereocenters. The fourth-order valence-electron chi connectivity index (χ4n) is 5.98. The first-order valence-electron chi connectivity index (χ1n) is 13.8. The van der Waals surface area contributed by atoms with Gasteiger partial charge in [0.05, 0.1) is 26.9 Å². The van der Waals surface area contributed by atoms with E-state index in [2.05, 4.69) is 21.9 Å². The summed E-state index contributed by atoms with van der Waals surface area (Å²) in [5.41, 5.74) is 1.23. The van der Waals surface area contributed by atoms with Crippen LogP contribution in [0.3, 0.4) is 0 Å². The van der Waals surface area contributed by atoms with Crippen LogP contribution in [0.1, 0.15) is 52.5 Å². The van der Waals surface area contributed by atoms with Gasteiger partial charge >= 0.3 is 5.69 Å².